The van der Waals surface area contributed by atoms with Crippen molar-refractivity contribution in [2.24, 2.45) is 17.3 Å². The van der Waals surface area contributed by atoms with Gasteiger partial charge in [0, 0.05) is 22.4 Å². The van der Waals surface area contributed by atoms with Crippen LogP contribution in [0.4, 0.5) is 0 Å². The molecule has 4 rings (SSSR count). The fraction of sp³-hybridized carbons (Fsp3) is 0.550. The maximum atomic E-state index is 10.1. The van der Waals surface area contributed by atoms with Gasteiger partial charge in [-0.1, -0.05) is 13.0 Å². The van der Waals surface area contributed by atoms with Crippen molar-refractivity contribution in [3.63, 3.8) is 0 Å². The average Bonchev–Trinajstić information content (AvgIpc) is 2.92. The van der Waals surface area contributed by atoms with Crippen molar-refractivity contribution < 1.29 is 14.7 Å². The Hall–Kier alpha value is -2.01. The van der Waals surface area contributed by atoms with Gasteiger partial charge in [-0.3, -0.25) is 10.3 Å². The highest BCUT2D eigenvalue weighted by atomic mass is 16.6. The molecule has 5 heteroatoms. The molecular weight excluding hydrogens is 316 g/mol. The van der Waals surface area contributed by atoms with Gasteiger partial charge in [0.25, 0.3) is 0 Å². The molecule has 0 saturated heterocycles. The van der Waals surface area contributed by atoms with Crippen LogP contribution in [-0.4, -0.2) is 25.0 Å². The van der Waals surface area contributed by atoms with Crippen molar-refractivity contribution in [2.45, 2.75) is 38.5 Å². The third-order valence-electron chi connectivity index (χ3n) is 6.75. The van der Waals surface area contributed by atoms with Crippen molar-refractivity contribution in [3.8, 4) is 11.5 Å². The van der Waals surface area contributed by atoms with E-state index in [0.717, 1.165) is 31.2 Å². The van der Waals surface area contributed by atoms with E-state index in [1.54, 1.807) is 20.3 Å². The quantitative estimate of drug-likeness (QED) is 0.732. The average molecular weight is 342 g/mol. The number of nitrogens with one attached hydrogen (secondary N) is 2. The molecule has 3 aliphatic carbocycles. The van der Waals surface area contributed by atoms with Crippen LogP contribution in [0.1, 0.15) is 49.7 Å². The van der Waals surface area contributed by atoms with Crippen LogP contribution >= 0.6 is 0 Å². The van der Waals surface area contributed by atoms with E-state index in [0.29, 0.717) is 29.2 Å². The van der Waals surface area contributed by atoms with E-state index in [1.807, 2.05) is 6.07 Å². The van der Waals surface area contributed by atoms with Crippen molar-refractivity contribution in [3.05, 3.63) is 35.0 Å². The second-order valence-electron chi connectivity index (χ2n) is 7.79. The fourth-order valence-corrected chi connectivity index (χ4v) is 5.46. The largest absolute Gasteiger partial charge is 0.504 e. The summed E-state index contributed by atoms with van der Waals surface area (Å²) in [5, 5.41) is 18.7. The number of allylic oxidation sites excluding steroid dienone is 2. The molecule has 5 nitrogen and oxygen atoms in total. The summed E-state index contributed by atoms with van der Waals surface area (Å²) in [6, 6.07) is 3.67. The van der Waals surface area contributed by atoms with E-state index in [-0.39, 0.29) is 11.2 Å². The Morgan fingerprint density at radius 2 is 2.12 bits per heavy atom. The van der Waals surface area contributed by atoms with Crippen LogP contribution in [0.2, 0.25) is 0 Å². The Balaban J connectivity index is 1.72. The molecule has 0 bridgehead atoms. The first kappa shape index (κ1) is 16.5. The van der Waals surface area contributed by atoms with Gasteiger partial charge in [0.05, 0.1) is 14.2 Å². The second-order valence-corrected chi connectivity index (χ2v) is 7.79. The number of methoxy groups -OCH3 is 1. The van der Waals surface area contributed by atoms with Gasteiger partial charge in [0.15, 0.2) is 11.5 Å². The smallest absolute Gasteiger partial charge is 0.160 e. The number of aromatic hydroxyl groups is 1. The maximum Gasteiger partial charge on any atom is 0.160 e. The first-order valence-corrected chi connectivity index (χ1v) is 8.98. The van der Waals surface area contributed by atoms with Gasteiger partial charge >= 0.3 is 0 Å². The molecule has 1 aromatic carbocycles. The molecule has 3 N–H and O–H groups in total. The lowest BCUT2D eigenvalue weighted by Gasteiger charge is -2.50. The van der Waals surface area contributed by atoms with Crippen molar-refractivity contribution >= 4 is 5.71 Å². The van der Waals surface area contributed by atoms with Crippen LogP contribution in [0.3, 0.4) is 0 Å². The number of hydrogen-bond acceptors (Lipinski definition) is 5. The van der Waals surface area contributed by atoms with Crippen LogP contribution in [0.5, 0.6) is 11.5 Å². The summed E-state index contributed by atoms with van der Waals surface area (Å²) in [6.07, 6.45) is 6.25. The van der Waals surface area contributed by atoms with Crippen LogP contribution in [0.15, 0.2) is 23.9 Å². The topological polar surface area (TPSA) is 74.6 Å². The van der Waals surface area contributed by atoms with Crippen LogP contribution in [0, 0.1) is 22.7 Å². The van der Waals surface area contributed by atoms with Crippen molar-refractivity contribution in [2.75, 3.05) is 14.2 Å². The van der Waals surface area contributed by atoms with E-state index in [4.69, 9.17) is 15.0 Å². The van der Waals surface area contributed by atoms with Crippen LogP contribution in [-0.2, 0) is 4.84 Å². The number of ether oxygens (including phenoxy) is 1. The number of benzene rings is 1. The fourth-order valence-electron chi connectivity index (χ4n) is 5.46. The number of hydroxylamine groups is 1. The Kier molecular flexibility index (Phi) is 3.80. The molecule has 134 valence electrons. The van der Waals surface area contributed by atoms with Gasteiger partial charge in [-0.25, -0.2) is 0 Å². The predicted molar refractivity (Wildman–Crippen MR) is 96.0 cm³/mol. The molecule has 1 saturated carbocycles. The Labute approximate surface area is 148 Å². The van der Waals surface area contributed by atoms with E-state index in [9.17, 15) is 5.11 Å². The van der Waals surface area contributed by atoms with Gasteiger partial charge in [0.1, 0.15) is 0 Å². The lowest BCUT2D eigenvalue weighted by molar-refractivity contribution is 0.0431. The Morgan fingerprint density at radius 3 is 2.84 bits per heavy atom. The molecule has 0 heterocycles. The van der Waals surface area contributed by atoms with E-state index < -0.39 is 0 Å². The highest BCUT2D eigenvalue weighted by Gasteiger charge is 2.52. The minimum atomic E-state index is 0.0932. The summed E-state index contributed by atoms with van der Waals surface area (Å²) in [4.78, 5) is 5.19. The Morgan fingerprint density at radius 1 is 1.32 bits per heavy atom. The normalized spacial score (nSPS) is 33.2. The van der Waals surface area contributed by atoms with Gasteiger partial charge in [-0.15, -0.1) is 0 Å². The molecular formula is C20H26N2O3. The van der Waals surface area contributed by atoms with Gasteiger partial charge in [0.2, 0.25) is 0 Å². The van der Waals surface area contributed by atoms with Gasteiger partial charge < -0.3 is 15.3 Å². The Bertz CT molecular complexity index is 758. The molecule has 0 aliphatic heterocycles. The summed E-state index contributed by atoms with van der Waals surface area (Å²) in [7, 11) is 3.24. The maximum absolute atomic E-state index is 10.1. The zero-order valence-corrected chi connectivity index (χ0v) is 15.1. The first-order chi connectivity index (χ1) is 12.0. The summed E-state index contributed by atoms with van der Waals surface area (Å²) in [5.41, 5.74) is 7.07. The standard InChI is InChI=1S/C20H26N2O3/c1-20-7-6-11-12-10-18(24-2)17(23)9-14(12)16(21)8-13(11)15(20)4-5-19(20)22-25-3/h5,9-11,13,15,21-23H,4,6-8H2,1-3H3/t11-,13-,15+,20+/m1/s1. The minimum Gasteiger partial charge on any atom is -0.504 e. The number of hydrogen-bond donors (Lipinski definition) is 3. The monoisotopic (exact) mass is 342 g/mol. The second kappa shape index (κ2) is 5.77. The van der Waals surface area contributed by atoms with Gasteiger partial charge in [-0.05, 0) is 61.1 Å². The molecule has 4 atom stereocenters. The zero-order chi connectivity index (χ0) is 17.8. The molecule has 0 amide bonds. The lowest BCUT2D eigenvalue weighted by Crippen LogP contribution is -2.44. The summed E-state index contributed by atoms with van der Waals surface area (Å²) >= 11 is 0. The molecule has 3 aliphatic rings. The van der Waals surface area contributed by atoms with Gasteiger partial charge in [-0.2, -0.15) is 0 Å². The third-order valence-corrected chi connectivity index (χ3v) is 6.75. The van der Waals surface area contributed by atoms with E-state index in [2.05, 4.69) is 18.5 Å². The predicted octanol–water partition coefficient (Wildman–Crippen LogP) is 3.73. The number of phenols is 1. The third kappa shape index (κ3) is 2.29. The number of phenolic OH excluding ortho intramolecular Hbond substituents is 1. The molecule has 0 unspecified atom stereocenters. The number of fused-ring (bicyclic) bond motifs is 5. The molecule has 0 spiro atoms. The number of rotatable bonds is 3. The minimum absolute atomic E-state index is 0.0932. The van der Waals surface area contributed by atoms with Crippen molar-refractivity contribution in [1.82, 2.24) is 5.48 Å². The summed E-state index contributed by atoms with van der Waals surface area (Å²) < 4.78 is 5.32. The first-order valence-electron chi connectivity index (χ1n) is 8.98. The summed E-state index contributed by atoms with van der Waals surface area (Å²) in [6.45, 7) is 2.33. The molecule has 1 fully saturated rings. The molecule has 25 heavy (non-hydrogen) atoms. The van der Waals surface area contributed by atoms with Crippen LogP contribution in [0.25, 0.3) is 0 Å². The molecule has 0 radical (unpaired) electrons. The summed E-state index contributed by atoms with van der Waals surface area (Å²) in [5.74, 6) is 2.01. The lowest BCUT2D eigenvalue weighted by atomic mass is 9.55. The highest BCUT2D eigenvalue weighted by Crippen LogP contribution is 2.60. The van der Waals surface area contributed by atoms with Crippen LogP contribution < -0.4 is 10.2 Å². The highest BCUT2D eigenvalue weighted by molar-refractivity contribution is 6.01. The molecule has 1 aromatic rings. The van der Waals surface area contributed by atoms with E-state index in [1.165, 1.54) is 11.3 Å². The zero-order valence-electron chi connectivity index (χ0n) is 15.1. The SMILES string of the molecule is CONC1=CC[C@H]2[C@@H]3CC(=N)c4cc(O)c(OC)cc4[C@H]3CC[C@]12C. The molecule has 0 aromatic heterocycles. The van der Waals surface area contributed by atoms with Crippen molar-refractivity contribution in [1.29, 1.82) is 5.41 Å². The van der Waals surface area contributed by atoms with E-state index >= 15 is 0 Å².